The molecule has 2 amide bonds. The van der Waals surface area contributed by atoms with Crippen LogP contribution in [0.25, 0.3) is 0 Å². The van der Waals surface area contributed by atoms with Crippen molar-refractivity contribution in [3.05, 3.63) is 64.7 Å². The number of carbonyl (C=O) groups is 2. The Morgan fingerprint density at radius 1 is 1.24 bits per heavy atom. The smallest absolute Gasteiger partial charge is 0.272 e. The van der Waals surface area contributed by atoms with Gasteiger partial charge in [0.2, 0.25) is 5.91 Å². The first-order valence-electron chi connectivity index (χ1n) is 10.8. The zero-order valence-electron chi connectivity index (χ0n) is 18.4. The van der Waals surface area contributed by atoms with E-state index in [4.69, 9.17) is 4.74 Å². The fourth-order valence-electron chi connectivity index (χ4n) is 4.42. The van der Waals surface area contributed by atoms with Crippen LogP contribution in [0.3, 0.4) is 0 Å². The lowest BCUT2D eigenvalue weighted by atomic mass is 10.0. The molecular weight excluding hydrogens is 438 g/mol. The summed E-state index contributed by atoms with van der Waals surface area (Å²) in [7, 11) is 0. The molecule has 4 bridgehead atoms. The molecule has 168 valence electrons. The Labute approximate surface area is 196 Å². The van der Waals surface area contributed by atoms with Gasteiger partial charge >= 0.3 is 0 Å². The highest BCUT2D eigenvalue weighted by Gasteiger charge is 2.35. The lowest BCUT2D eigenvalue weighted by Gasteiger charge is -2.35. The SMILES string of the molecule is C/C=C1\C=C(/C)Oc2cc(ccc2C#N)[C@H]2CSc3ncc(n32)C(=O)N2CCN(C1)C(=O)C2. The van der Waals surface area contributed by atoms with E-state index in [0.717, 1.165) is 22.0 Å². The van der Waals surface area contributed by atoms with Gasteiger partial charge < -0.3 is 19.1 Å². The van der Waals surface area contributed by atoms with Gasteiger partial charge in [0.1, 0.15) is 29.8 Å². The van der Waals surface area contributed by atoms with Gasteiger partial charge in [-0.3, -0.25) is 9.59 Å². The molecule has 0 saturated carbocycles. The summed E-state index contributed by atoms with van der Waals surface area (Å²) in [6.07, 6.45) is 5.43. The molecule has 0 aliphatic carbocycles. The number of nitriles is 1. The Balaban J connectivity index is 1.64. The Morgan fingerprint density at radius 3 is 2.82 bits per heavy atom. The largest absolute Gasteiger partial charge is 0.461 e. The first-order chi connectivity index (χ1) is 16.0. The standard InChI is InChI=1S/C24H23N5O3S/c1-3-16-8-15(2)32-21-9-17(4-5-18(21)10-25)20-14-33-24-26-11-19(29(20)24)23(31)28-7-6-27(12-16)22(30)13-28/h3-5,8-9,11,20H,6-7,12-14H2,1-2H3/b15-8+,16-3+/t20-/m1/s1. The Hall–Kier alpha value is -3.51. The number of allylic oxidation sites excluding steroid dienone is 2. The molecule has 0 spiro atoms. The Kier molecular flexibility index (Phi) is 5.46. The van der Waals surface area contributed by atoms with E-state index in [1.54, 1.807) is 33.8 Å². The summed E-state index contributed by atoms with van der Waals surface area (Å²) in [6.45, 7) is 5.18. The molecule has 1 aromatic carbocycles. The van der Waals surface area contributed by atoms with Crippen molar-refractivity contribution >= 4 is 23.6 Å². The molecule has 9 heteroatoms. The van der Waals surface area contributed by atoms with Crippen molar-refractivity contribution < 1.29 is 14.3 Å². The number of ether oxygens (including phenoxy) is 1. The van der Waals surface area contributed by atoms with Gasteiger partial charge in [0.15, 0.2) is 5.16 Å². The average molecular weight is 462 g/mol. The molecule has 4 aliphatic heterocycles. The number of benzene rings is 1. The summed E-state index contributed by atoms with van der Waals surface area (Å²) in [5.74, 6) is 1.55. The summed E-state index contributed by atoms with van der Waals surface area (Å²) < 4.78 is 8.05. The quantitative estimate of drug-likeness (QED) is 0.599. The van der Waals surface area contributed by atoms with Crippen LogP contribution in [-0.2, 0) is 4.79 Å². The van der Waals surface area contributed by atoms with Gasteiger partial charge in [-0.15, -0.1) is 0 Å². The van der Waals surface area contributed by atoms with E-state index in [-0.39, 0.29) is 24.4 Å². The van der Waals surface area contributed by atoms with Crippen LogP contribution in [0.5, 0.6) is 5.75 Å². The predicted molar refractivity (Wildman–Crippen MR) is 123 cm³/mol. The van der Waals surface area contributed by atoms with Crippen molar-refractivity contribution in [3.63, 3.8) is 0 Å². The van der Waals surface area contributed by atoms with E-state index in [1.807, 2.05) is 42.7 Å². The van der Waals surface area contributed by atoms with Gasteiger partial charge in [0.05, 0.1) is 17.8 Å². The van der Waals surface area contributed by atoms with Crippen LogP contribution in [0.1, 0.15) is 41.5 Å². The van der Waals surface area contributed by atoms with Crippen molar-refractivity contribution in [1.29, 1.82) is 5.26 Å². The van der Waals surface area contributed by atoms with Gasteiger partial charge in [-0.2, -0.15) is 5.26 Å². The maximum atomic E-state index is 13.4. The molecule has 1 aromatic heterocycles. The van der Waals surface area contributed by atoms with Crippen molar-refractivity contribution in [1.82, 2.24) is 19.4 Å². The summed E-state index contributed by atoms with van der Waals surface area (Å²) >= 11 is 1.59. The maximum absolute atomic E-state index is 13.4. The highest BCUT2D eigenvalue weighted by Crippen LogP contribution is 2.39. The molecule has 0 unspecified atom stereocenters. The molecule has 0 N–H and O–H groups in total. The van der Waals surface area contributed by atoms with Gasteiger partial charge in [-0.05, 0) is 43.2 Å². The van der Waals surface area contributed by atoms with E-state index in [2.05, 4.69) is 11.1 Å². The second-order valence-corrected chi connectivity index (χ2v) is 9.24. The molecule has 5 heterocycles. The van der Waals surface area contributed by atoms with Crippen LogP contribution in [0, 0.1) is 11.3 Å². The first-order valence-corrected chi connectivity index (χ1v) is 11.8. The molecule has 2 aromatic rings. The topological polar surface area (TPSA) is 91.5 Å². The number of carbonyl (C=O) groups excluding carboxylic acids is 2. The molecule has 8 nitrogen and oxygen atoms in total. The van der Waals surface area contributed by atoms with Crippen molar-refractivity contribution in [2.24, 2.45) is 0 Å². The fraction of sp³-hybridized carbons (Fsp3) is 0.333. The summed E-state index contributed by atoms with van der Waals surface area (Å²) in [5.41, 5.74) is 2.78. The van der Waals surface area contributed by atoms with Crippen molar-refractivity contribution in [2.45, 2.75) is 25.0 Å². The molecule has 6 rings (SSSR count). The van der Waals surface area contributed by atoms with E-state index in [0.29, 0.717) is 42.4 Å². The average Bonchev–Trinajstić information content (AvgIpc) is 3.41. The minimum atomic E-state index is -0.187. The molecule has 1 atom stereocenters. The highest BCUT2D eigenvalue weighted by molar-refractivity contribution is 7.99. The number of rotatable bonds is 0. The number of imidazole rings is 1. The zero-order chi connectivity index (χ0) is 23.1. The summed E-state index contributed by atoms with van der Waals surface area (Å²) in [4.78, 5) is 34.1. The van der Waals surface area contributed by atoms with Crippen LogP contribution in [0.2, 0.25) is 0 Å². The van der Waals surface area contributed by atoms with Crippen LogP contribution in [0.4, 0.5) is 0 Å². The first kappa shape index (κ1) is 21.3. The van der Waals surface area contributed by atoms with Gasteiger partial charge in [-0.25, -0.2) is 4.98 Å². The summed E-state index contributed by atoms with van der Waals surface area (Å²) in [6, 6.07) is 7.62. The van der Waals surface area contributed by atoms with Crippen molar-refractivity contribution in [2.75, 3.05) is 31.9 Å². The van der Waals surface area contributed by atoms with Crippen LogP contribution < -0.4 is 4.74 Å². The third-order valence-electron chi connectivity index (χ3n) is 6.18. The number of amides is 2. The number of piperazine rings is 1. The van der Waals surface area contributed by atoms with Crippen LogP contribution >= 0.6 is 11.8 Å². The van der Waals surface area contributed by atoms with Crippen LogP contribution in [0.15, 0.2) is 53.0 Å². The normalized spacial score (nSPS) is 23.2. The Bertz CT molecular complexity index is 1260. The lowest BCUT2D eigenvalue weighted by Crippen LogP contribution is -2.52. The van der Waals surface area contributed by atoms with Gasteiger partial charge in [0, 0.05) is 25.4 Å². The van der Waals surface area contributed by atoms with E-state index in [9.17, 15) is 14.9 Å². The Morgan fingerprint density at radius 2 is 2.06 bits per heavy atom. The van der Waals surface area contributed by atoms with Crippen LogP contribution in [-0.4, -0.2) is 63.1 Å². The zero-order valence-corrected chi connectivity index (χ0v) is 19.3. The van der Waals surface area contributed by atoms with Gasteiger partial charge in [-0.1, -0.05) is 23.9 Å². The highest BCUT2D eigenvalue weighted by atomic mass is 32.2. The van der Waals surface area contributed by atoms with E-state index < -0.39 is 0 Å². The number of aromatic nitrogens is 2. The molecule has 33 heavy (non-hydrogen) atoms. The number of hydrogen-bond donors (Lipinski definition) is 0. The molecule has 0 radical (unpaired) electrons. The second-order valence-electron chi connectivity index (χ2n) is 8.25. The minimum Gasteiger partial charge on any atom is -0.461 e. The summed E-state index contributed by atoms with van der Waals surface area (Å²) in [5, 5.41) is 10.4. The molecule has 1 fully saturated rings. The monoisotopic (exact) mass is 461 g/mol. The van der Waals surface area contributed by atoms with Crippen molar-refractivity contribution in [3.8, 4) is 11.8 Å². The maximum Gasteiger partial charge on any atom is 0.272 e. The molecule has 1 saturated heterocycles. The number of nitrogens with zero attached hydrogens (tertiary/aromatic N) is 5. The lowest BCUT2D eigenvalue weighted by molar-refractivity contribution is -0.134. The number of fused-ring (bicyclic) bond motifs is 5. The van der Waals surface area contributed by atoms with E-state index in [1.165, 1.54) is 0 Å². The number of thioether (sulfide) groups is 1. The predicted octanol–water partition coefficient (Wildman–Crippen LogP) is 2.98. The fourth-order valence-corrected chi connectivity index (χ4v) is 5.56. The third-order valence-corrected chi connectivity index (χ3v) is 7.23. The third kappa shape index (κ3) is 3.80. The second kappa shape index (κ2) is 8.45. The minimum absolute atomic E-state index is 0.0500. The number of hydrogen-bond acceptors (Lipinski definition) is 6. The van der Waals surface area contributed by atoms with E-state index >= 15 is 0 Å². The van der Waals surface area contributed by atoms with Gasteiger partial charge in [0.25, 0.3) is 5.91 Å². The molecular formula is C24H23N5O3S. The molecule has 4 aliphatic rings.